The Bertz CT molecular complexity index is 478. The summed E-state index contributed by atoms with van der Waals surface area (Å²) in [7, 11) is 0. The van der Waals surface area contributed by atoms with E-state index >= 15 is 0 Å². The Hall–Kier alpha value is -1.40. The molecule has 6 heteroatoms. The highest BCUT2D eigenvalue weighted by molar-refractivity contribution is 9.10. The van der Waals surface area contributed by atoms with Gasteiger partial charge in [-0.15, -0.1) is 0 Å². The topological polar surface area (TPSA) is 75.6 Å². The molecule has 0 aromatic heterocycles. The fourth-order valence-corrected chi connectivity index (χ4v) is 2.18. The molecule has 0 heterocycles. The van der Waals surface area contributed by atoms with Crippen LogP contribution < -0.4 is 5.32 Å². The molecule has 1 aromatic carbocycles. The van der Waals surface area contributed by atoms with Crippen molar-refractivity contribution in [3.05, 3.63) is 34.3 Å². The molecule has 0 aliphatic rings. The lowest BCUT2D eigenvalue weighted by molar-refractivity contribution is -0.138. The largest absolute Gasteiger partial charge is 0.481 e. The summed E-state index contributed by atoms with van der Waals surface area (Å²) in [5, 5.41) is 11.7. The molecule has 1 rings (SSSR count). The first kappa shape index (κ1) is 16.7. The predicted octanol–water partition coefficient (Wildman–Crippen LogP) is 2.51. The van der Waals surface area contributed by atoms with E-state index in [1.54, 1.807) is 32.0 Å². The van der Waals surface area contributed by atoms with Crippen molar-refractivity contribution in [2.45, 2.75) is 32.4 Å². The zero-order valence-electron chi connectivity index (χ0n) is 11.4. The number of amides is 1. The zero-order valence-corrected chi connectivity index (χ0v) is 13.0. The van der Waals surface area contributed by atoms with E-state index in [9.17, 15) is 9.59 Å². The first-order valence-corrected chi connectivity index (χ1v) is 7.12. The normalized spacial score (nSPS) is 13.6. The van der Waals surface area contributed by atoms with Crippen molar-refractivity contribution in [3.8, 4) is 0 Å². The van der Waals surface area contributed by atoms with Gasteiger partial charge in [-0.2, -0.15) is 0 Å². The number of carbonyl (C=O) groups excluding carboxylic acids is 1. The molecule has 1 amide bonds. The van der Waals surface area contributed by atoms with Crippen LogP contribution in [0.4, 0.5) is 0 Å². The zero-order chi connectivity index (χ0) is 15.1. The van der Waals surface area contributed by atoms with Gasteiger partial charge < -0.3 is 15.2 Å². The van der Waals surface area contributed by atoms with Gasteiger partial charge in [0.05, 0.1) is 12.5 Å². The smallest absolute Gasteiger partial charge is 0.305 e. The van der Waals surface area contributed by atoms with Gasteiger partial charge in [-0.3, -0.25) is 9.59 Å². The maximum atomic E-state index is 11.9. The van der Waals surface area contributed by atoms with Gasteiger partial charge in [0.1, 0.15) is 6.10 Å². The molecule has 2 atom stereocenters. The van der Waals surface area contributed by atoms with E-state index in [1.807, 2.05) is 6.07 Å². The van der Waals surface area contributed by atoms with Gasteiger partial charge in [-0.1, -0.05) is 28.1 Å². The van der Waals surface area contributed by atoms with Gasteiger partial charge in [0.2, 0.25) is 5.91 Å². The summed E-state index contributed by atoms with van der Waals surface area (Å²) in [6.07, 6.45) is -0.787. The van der Waals surface area contributed by atoms with Crippen LogP contribution in [0.1, 0.15) is 31.9 Å². The van der Waals surface area contributed by atoms with Crippen molar-refractivity contribution < 1.29 is 19.4 Å². The average molecular weight is 344 g/mol. The first-order valence-electron chi connectivity index (χ1n) is 6.33. The molecular weight excluding hydrogens is 326 g/mol. The quantitative estimate of drug-likeness (QED) is 0.797. The van der Waals surface area contributed by atoms with Gasteiger partial charge in [0, 0.05) is 11.1 Å². The molecule has 0 spiro atoms. The highest BCUT2D eigenvalue weighted by Gasteiger charge is 2.21. The summed E-state index contributed by atoms with van der Waals surface area (Å²) in [4.78, 5) is 22.9. The van der Waals surface area contributed by atoms with Crippen molar-refractivity contribution >= 4 is 27.8 Å². The molecule has 110 valence electrons. The number of carbonyl (C=O) groups is 2. The number of ether oxygens (including phenoxy) is 1. The molecule has 5 nitrogen and oxygen atoms in total. The minimum absolute atomic E-state index is 0.180. The van der Waals surface area contributed by atoms with Crippen LogP contribution >= 0.6 is 15.9 Å². The maximum absolute atomic E-state index is 11.9. The Morgan fingerprint density at radius 3 is 2.70 bits per heavy atom. The monoisotopic (exact) mass is 343 g/mol. The van der Waals surface area contributed by atoms with Gasteiger partial charge in [-0.05, 0) is 31.5 Å². The Kier molecular flexibility index (Phi) is 6.67. The van der Waals surface area contributed by atoms with Gasteiger partial charge in [-0.25, -0.2) is 0 Å². The van der Waals surface area contributed by atoms with E-state index in [0.717, 1.165) is 10.0 Å². The van der Waals surface area contributed by atoms with Crippen molar-refractivity contribution in [2.75, 3.05) is 6.61 Å². The third kappa shape index (κ3) is 5.30. The minimum atomic E-state index is -0.973. The molecule has 0 bridgehead atoms. The molecule has 0 saturated heterocycles. The van der Waals surface area contributed by atoms with Gasteiger partial charge in [0.15, 0.2) is 0 Å². The second kappa shape index (κ2) is 8.01. The number of halogens is 1. The number of rotatable bonds is 7. The molecule has 0 aliphatic carbocycles. The number of aliphatic carboxylic acids is 1. The third-order valence-electron chi connectivity index (χ3n) is 2.73. The van der Waals surface area contributed by atoms with Crippen molar-refractivity contribution in [3.63, 3.8) is 0 Å². The molecule has 2 unspecified atom stereocenters. The van der Waals surface area contributed by atoms with E-state index in [1.165, 1.54) is 0 Å². The second-order valence-electron chi connectivity index (χ2n) is 4.31. The number of nitrogens with one attached hydrogen (secondary N) is 1. The lowest BCUT2D eigenvalue weighted by Crippen LogP contribution is -2.38. The molecule has 0 aliphatic heterocycles. The van der Waals surface area contributed by atoms with E-state index in [2.05, 4.69) is 21.2 Å². The second-order valence-corrected chi connectivity index (χ2v) is 5.23. The van der Waals surface area contributed by atoms with Crippen LogP contribution in [-0.2, 0) is 14.3 Å². The van der Waals surface area contributed by atoms with E-state index in [-0.39, 0.29) is 12.3 Å². The number of carboxylic acid groups (broad SMARTS) is 1. The van der Waals surface area contributed by atoms with E-state index in [4.69, 9.17) is 9.84 Å². The van der Waals surface area contributed by atoms with Crippen molar-refractivity contribution in [2.24, 2.45) is 0 Å². The molecule has 0 radical (unpaired) electrons. The maximum Gasteiger partial charge on any atom is 0.305 e. The molecule has 0 fully saturated rings. The lowest BCUT2D eigenvalue weighted by Gasteiger charge is -2.20. The Balaban J connectivity index is 2.85. The van der Waals surface area contributed by atoms with Crippen molar-refractivity contribution in [1.29, 1.82) is 0 Å². The highest BCUT2D eigenvalue weighted by atomic mass is 79.9. The molecule has 0 saturated carbocycles. The van der Waals surface area contributed by atoms with Gasteiger partial charge >= 0.3 is 5.97 Å². The average Bonchev–Trinajstić information content (AvgIpc) is 2.37. The van der Waals surface area contributed by atoms with Crippen LogP contribution in [0.15, 0.2) is 28.7 Å². The Labute approximate surface area is 126 Å². The van der Waals surface area contributed by atoms with Crippen molar-refractivity contribution in [1.82, 2.24) is 5.32 Å². The summed E-state index contributed by atoms with van der Waals surface area (Å²) >= 11 is 3.33. The fraction of sp³-hybridized carbons (Fsp3) is 0.429. The van der Waals surface area contributed by atoms with Crippen LogP contribution in [0.3, 0.4) is 0 Å². The molecule has 1 aromatic rings. The van der Waals surface area contributed by atoms with E-state index < -0.39 is 18.1 Å². The van der Waals surface area contributed by atoms with Gasteiger partial charge in [0.25, 0.3) is 0 Å². The van der Waals surface area contributed by atoms with Crippen LogP contribution in [0.25, 0.3) is 0 Å². The number of carboxylic acids is 1. The molecular formula is C14H18BrNO4. The first-order chi connectivity index (χ1) is 9.43. The predicted molar refractivity (Wildman–Crippen MR) is 78.4 cm³/mol. The lowest BCUT2D eigenvalue weighted by atomic mass is 10.0. The molecule has 20 heavy (non-hydrogen) atoms. The number of hydrogen-bond acceptors (Lipinski definition) is 3. The van der Waals surface area contributed by atoms with Crippen LogP contribution in [-0.4, -0.2) is 29.7 Å². The number of hydrogen-bond donors (Lipinski definition) is 2. The third-order valence-corrected chi connectivity index (χ3v) is 3.23. The summed E-state index contributed by atoms with van der Waals surface area (Å²) in [5.41, 5.74) is 0.735. The number of benzene rings is 1. The fourth-order valence-electron chi connectivity index (χ4n) is 1.76. The van der Waals surface area contributed by atoms with Crippen LogP contribution in [0, 0.1) is 0 Å². The summed E-state index contributed by atoms with van der Waals surface area (Å²) in [6, 6.07) is 6.63. The standard InChI is InChI=1S/C14H18BrNO4/c1-3-20-9(2)14(19)16-12(8-13(17)18)10-5-4-6-11(15)7-10/h4-7,9,12H,3,8H2,1-2H3,(H,16,19)(H,17,18). The Morgan fingerprint density at radius 1 is 1.45 bits per heavy atom. The summed E-state index contributed by atoms with van der Waals surface area (Å²) < 4.78 is 6.03. The van der Waals surface area contributed by atoms with Crippen LogP contribution in [0.5, 0.6) is 0 Å². The highest BCUT2D eigenvalue weighted by Crippen LogP contribution is 2.21. The minimum Gasteiger partial charge on any atom is -0.481 e. The summed E-state index contributed by atoms with van der Waals surface area (Å²) in [5.74, 6) is -1.29. The molecule has 2 N–H and O–H groups in total. The Morgan fingerprint density at radius 2 is 2.15 bits per heavy atom. The van der Waals surface area contributed by atoms with Crippen LogP contribution in [0.2, 0.25) is 0 Å². The van der Waals surface area contributed by atoms with E-state index in [0.29, 0.717) is 6.61 Å². The summed E-state index contributed by atoms with van der Waals surface area (Å²) in [6.45, 7) is 3.86. The SMILES string of the molecule is CCOC(C)C(=O)NC(CC(=O)O)c1cccc(Br)c1.